The van der Waals surface area contributed by atoms with Gasteiger partial charge in [-0.3, -0.25) is 0 Å². The van der Waals surface area contributed by atoms with E-state index in [1.807, 2.05) is 0 Å². The van der Waals surface area contributed by atoms with Crippen LogP contribution in [0.1, 0.15) is 44.1 Å². The summed E-state index contributed by atoms with van der Waals surface area (Å²) in [5.74, 6) is 0.773. The van der Waals surface area contributed by atoms with Crippen LogP contribution in [0.4, 0.5) is 0 Å². The van der Waals surface area contributed by atoms with Crippen LogP contribution in [0.2, 0.25) is 0 Å². The highest BCUT2D eigenvalue weighted by molar-refractivity contribution is 5.30. The lowest BCUT2D eigenvalue weighted by Crippen LogP contribution is -2.41. The molecule has 2 nitrogen and oxygen atoms in total. The first-order valence-electron chi connectivity index (χ1n) is 7.36. The van der Waals surface area contributed by atoms with Crippen molar-refractivity contribution in [1.29, 1.82) is 0 Å². The molecule has 0 atom stereocenters. The van der Waals surface area contributed by atoms with Gasteiger partial charge in [0.1, 0.15) is 0 Å². The Bertz CT molecular complexity index is 375. The molecular weight excluding hydrogens is 220 g/mol. The summed E-state index contributed by atoms with van der Waals surface area (Å²) in [4.78, 5) is 0. The van der Waals surface area contributed by atoms with E-state index in [4.69, 9.17) is 5.73 Å². The highest BCUT2D eigenvalue weighted by atomic mass is 15.1. The summed E-state index contributed by atoms with van der Waals surface area (Å²) in [6.07, 6.45) is 7.81. The Morgan fingerprint density at radius 1 is 1.06 bits per heavy atom. The van der Waals surface area contributed by atoms with E-state index in [1.54, 1.807) is 0 Å². The molecule has 2 heteroatoms. The summed E-state index contributed by atoms with van der Waals surface area (Å²) in [7, 11) is 0. The van der Waals surface area contributed by atoms with Crippen molar-refractivity contribution >= 4 is 0 Å². The van der Waals surface area contributed by atoms with Gasteiger partial charge in [0.15, 0.2) is 0 Å². The van der Waals surface area contributed by atoms with E-state index in [-0.39, 0.29) is 0 Å². The van der Waals surface area contributed by atoms with E-state index >= 15 is 0 Å². The normalized spacial score (nSPS) is 30.1. The molecule has 0 radical (unpaired) electrons. The molecule has 98 valence electrons. The van der Waals surface area contributed by atoms with Gasteiger partial charge in [0.2, 0.25) is 0 Å². The van der Waals surface area contributed by atoms with Crippen molar-refractivity contribution in [2.75, 3.05) is 6.54 Å². The summed E-state index contributed by atoms with van der Waals surface area (Å²) in [6.45, 7) is 0.872. The van der Waals surface area contributed by atoms with Crippen LogP contribution < -0.4 is 11.1 Å². The number of hydrogen-bond donors (Lipinski definition) is 2. The van der Waals surface area contributed by atoms with E-state index in [2.05, 4.69) is 35.6 Å². The number of nitrogens with two attached hydrogens (primary N) is 1. The van der Waals surface area contributed by atoms with Gasteiger partial charge in [-0.05, 0) is 56.6 Å². The first-order chi connectivity index (χ1) is 8.82. The van der Waals surface area contributed by atoms with Gasteiger partial charge >= 0.3 is 0 Å². The van der Waals surface area contributed by atoms with Gasteiger partial charge in [-0.2, -0.15) is 0 Å². The van der Waals surface area contributed by atoms with Crippen LogP contribution in [0, 0.1) is 5.92 Å². The molecule has 3 rings (SSSR count). The van der Waals surface area contributed by atoms with Crippen LogP contribution in [0.25, 0.3) is 0 Å². The molecule has 0 unspecified atom stereocenters. The van der Waals surface area contributed by atoms with Gasteiger partial charge in [-0.1, -0.05) is 30.3 Å². The number of rotatable bonds is 4. The van der Waals surface area contributed by atoms with Crippen molar-refractivity contribution in [3.05, 3.63) is 35.9 Å². The second kappa shape index (κ2) is 5.02. The third-order valence-electron chi connectivity index (χ3n) is 4.74. The highest BCUT2D eigenvalue weighted by Crippen LogP contribution is 2.46. The van der Waals surface area contributed by atoms with Crippen molar-refractivity contribution in [3.63, 3.8) is 0 Å². The maximum Gasteiger partial charge on any atom is 0.0438 e. The minimum Gasteiger partial charge on any atom is -0.330 e. The van der Waals surface area contributed by atoms with Crippen molar-refractivity contribution < 1.29 is 0 Å². The summed E-state index contributed by atoms with van der Waals surface area (Å²) < 4.78 is 0. The van der Waals surface area contributed by atoms with E-state index in [0.717, 1.165) is 12.5 Å². The summed E-state index contributed by atoms with van der Waals surface area (Å²) in [5.41, 5.74) is 7.54. The topological polar surface area (TPSA) is 38.0 Å². The van der Waals surface area contributed by atoms with Crippen molar-refractivity contribution in [1.82, 2.24) is 5.32 Å². The third-order valence-corrected chi connectivity index (χ3v) is 4.74. The standard InChI is InChI=1S/C16H24N2/c17-12-13-6-8-15(9-7-13)18-16(10-11-16)14-4-2-1-3-5-14/h1-5,13,15,18H,6-12,17H2. The van der Waals surface area contributed by atoms with E-state index in [0.29, 0.717) is 11.6 Å². The average molecular weight is 244 g/mol. The second-order valence-corrected chi connectivity index (χ2v) is 6.05. The molecule has 0 aromatic heterocycles. The predicted molar refractivity (Wildman–Crippen MR) is 75.3 cm³/mol. The molecule has 2 saturated carbocycles. The molecular formula is C16H24N2. The van der Waals surface area contributed by atoms with Crippen LogP contribution in [0.3, 0.4) is 0 Å². The minimum atomic E-state index is 0.307. The first kappa shape index (κ1) is 12.2. The molecule has 0 amide bonds. The Hall–Kier alpha value is -0.860. The van der Waals surface area contributed by atoms with Gasteiger partial charge in [0.25, 0.3) is 0 Å². The Kier molecular flexibility index (Phi) is 3.40. The van der Waals surface area contributed by atoms with Crippen LogP contribution in [0.15, 0.2) is 30.3 Å². The Labute approximate surface area is 110 Å². The van der Waals surface area contributed by atoms with Gasteiger partial charge in [0, 0.05) is 11.6 Å². The Morgan fingerprint density at radius 2 is 1.72 bits per heavy atom. The van der Waals surface area contributed by atoms with Crippen LogP contribution >= 0.6 is 0 Å². The van der Waals surface area contributed by atoms with Crippen LogP contribution in [-0.2, 0) is 5.54 Å². The molecule has 18 heavy (non-hydrogen) atoms. The fourth-order valence-corrected chi connectivity index (χ4v) is 3.33. The lowest BCUT2D eigenvalue weighted by molar-refractivity contribution is 0.272. The van der Waals surface area contributed by atoms with Gasteiger partial charge in [0.05, 0.1) is 0 Å². The zero-order valence-corrected chi connectivity index (χ0v) is 11.1. The highest BCUT2D eigenvalue weighted by Gasteiger charge is 2.45. The molecule has 1 aromatic rings. The fourth-order valence-electron chi connectivity index (χ4n) is 3.33. The third kappa shape index (κ3) is 2.45. The molecule has 2 fully saturated rings. The Morgan fingerprint density at radius 3 is 2.28 bits per heavy atom. The summed E-state index contributed by atoms with van der Waals surface area (Å²) >= 11 is 0. The molecule has 0 spiro atoms. The molecule has 0 bridgehead atoms. The largest absolute Gasteiger partial charge is 0.330 e. The summed E-state index contributed by atoms with van der Waals surface area (Å²) in [6, 6.07) is 11.7. The zero-order chi connectivity index (χ0) is 12.4. The van der Waals surface area contributed by atoms with Gasteiger partial charge in [-0.25, -0.2) is 0 Å². The lowest BCUT2D eigenvalue weighted by atomic mass is 9.85. The molecule has 0 aliphatic heterocycles. The first-order valence-corrected chi connectivity index (χ1v) is 7.36. The fraction of sp³-hybridized carbons (Fsp3) is 0.625. The maximum atomic E-state index is 5.76. The minimum absolute atomic E-state index is 0.307. The molecule has 0 heterocycles. The van der Waals surface area contributed by atoms with Gasteiger partial charge < -0.3 is 11.1 Å². The second-order valence-electron chi connectivity index (χ2n) is 6.05. The number of benzene rings is 1. The van der Waals surface area contributed by atoms with Crippen LogP contribution in [-0.4, -0.2) is 12.6 Å². The number of nitrogens with one attached hydrogen (secondary N) is 1. The van der Waals surface area contributed by atoms with Crippen molar-refractivity contribution in [3.8, 4) is 0 Å². The van der Waals surface area contributed by atoms with E-state index in [1.165, 1.54) is 44.1 Å². The van der Waals surface area contributed by atoms with Crippen LogP contribution in [0.5, 0.6) is 0 Å². The predicted octanol–water partition coefficient (Wildman–Crippen LogP) is 2.78. The molecule has 2 aliphatic rings. The smallest absolute Gasteiger partial charge is 0.0438 e. The average Bonchev–Trinajstić information content (AvgIpc) is 3.22. The Balaban J connectivity index is 1.60. The SMILES string of the molecule is NCC1CCC(NC2(c3ccccc3)CC2)CC1. The zero-order valence-electron chi connectivity index (χ0n) is 11.1. The summed E-state index contributed by atoms with van der Waals surface area (Å²) in [5, 5.41) is 3.93. The maximum absolute atomic E-state index is 5.76. The van der Waals surface area contributed by atoms with E-state index < -0.39 is 0 Å². The molecule has 1 aromatic carbocycles. The van der Waals surface area contributed by atoms with Crippen molar-refractivity contribution in [2.45, 2.75) is 50.1 Å². The molecule has 0 saturated heterocycles. The van der Waals surface area contributed by atoms with Crippen molar-refractivity contribution in [2.24, 2.45) is 11.7 Å². The quantitative estimate of drug-likeness (QED) is 0.854. The molecule has 3 N–H and O–H groups in total. The van der Waals surface area contributed by atoms with E-state index in [9.17, 15) is 0 Å². The van der Waals surface area contributed by atoms with Gasteiger partial charge in [-0.15, -0.1) is 0 Å². The lowest BCUT2D eigenvalue weighted by Gasteiger charge is -2.32. The monoisotopic (exact) mass is 244 g/mol. The number of hydrogen-bond acceptors (Lipinski definition) is 2. The molecule has 2 aliphatic carbocycles.